The van der Waals surface area contributed by atoms with Gasteiger partial charge in [-0.2, -0.15) is 0 Å². The van der Waals surface area contributed by atoms with Gasteiger partial charge in [-0.25, -0.2) is 0 Å². The van der Waals surface area contributed by atoms with Gasteiger partial charge in [0.25, 0.3) is 0 Å². The summed E-state index contributed by atoms with van der Waals surface area (Å²) in [7, 11) is 4.51. The van der Waals surface area contributed by atoms with Crippen LogP contribution in [0.2, 0.25) is 0 Å². The molecule has 0 aromatic rings. The lowest BCUT2D eigenvalue weighted by Crippen LogP contribution is -2.44. The van der Waals surface area contributed by atoms with E-state index in [-0.39, 0.29) is 0 Å². The van der Waals surface area contributed by atoms with Crippen LogP contribution in [0.3, 0.4) is 0 Å². The fourth-order valence-electron chi connectivity index (χ4n) is 1.91. The second-order valence-electron chi connectivity index (χ2n) is 3.81. The smallest absolute Gasteiger partial charge is 0.0910 e. The van der Waals surface area contributed by atoms with Crippen LogP contribution in [0.1, 0.15) is 19.3 Å². The van der Waals surface area contributed by atoms with E-state index in [1.165, 1.54) is 19.4 Å². The molecule has 1 aliphatic heterocycles. The summed E-state index contributed by atoms with van der Waals surface area (Å²) in [5, 5.41) is 8.75. The fourth-order valence-corrected chi connectivity index (χ4v) is 1.91. The van der Waals surface area contributed by atoms with E-state index >= 15 is 0 Å². The number of quaternary nitrogens is 1. The largest absolute Gasteiger partial charge is 0.396 e. The van der Waals surface area contributed by atoms with E-state index in [0.717, 1.165) is 10.9 Å². The Morgan fingerprint density at radius 1 is 1.50 bits per heavy atom. The third-order valence-electron chi connectivity index (χ3n) is 2.72. The zero-order chi connectivity index (χ0) is 7.61. The molecule has 1 atom stereocenters. The lowest BCUT2D eigenvalue weighted by atomic mass is 10.1. The highest BCUT2D eigenvalue weighted by atomic mass is 16.3. The summed E-state index contributed by atoms with van der Waals surface area (Å²) in [5.74, 6) is 0. The zero-order valence-electron chi connectivity index (χ0n) is 7.01. The van der Waals surface area contributed by atoms with Crippen LogP contribution < -0.4 is 0 Å². The van der Waals surface area contributed by atoms with Crippen LogP contribution in [0, 0.1) is 0 Å². The third-order valence-corrected chi connectivity index (χ3v) is 2.72. The number of aliphatic hydroxyl groups is 1. The maximum atomic E-state index is 8.75. The summed E-state index contributed by atoms with van der Waals surface area (Å²) < 4.78 is 1.11. The zero-order valence-corrected chi connectivity index (χ0v) is 7.01. The Balaban J connectivity index is 2.43. The number of hydrogen-bond donors (Lipinski definition) is 1. The van der Waals surface area contributed by atoms with Crippen molar-refractivity contribution < 1.29 is 9.59 Å². The van der Waals surface area contributed by atoms with Gasteiger partial charge >= 0.3 is 0 Å². The number of aliphatic hydroxyl groups excluding tert-OH is 1. The van der Waals surface area contributed by atoms with Gasteiger partial charge in [-0.05, 0) is 0 Å². The molecule has 2 nitrogen and oxygen atoms in total. The molecule has 1 fully saturated rings. The van der Waals surface area contributed by atoms with Gasteiger partial charge in [0, 0.05) is 25.9 Å². The number of nitrogens with zero attached hydrogens (tertiary/aromatic N) is 1. The summed E-state index contributed by atoms with van der Waals surface area (Å²) in [6, 6.07) is 0.713. The first-order valence-electron chi connectivity index (χ1n) is 4.10. The van der Waals surface area contributed by atoms with Crippen LogP contribution in [-0.2, 0) is 0 Å². The van der Waals surface area contributed by atoms with Gasteiger partial charge in [0.05, 0.1) is 26.7 Å². The van der Waals surface area contributed by atoms with Crippen molar-refractivity contribution in [1.82, 2.24) is 0 Å². The molecule has 1 aliphatic rings. The Morgan fingerprint density at radius 2 is 2.20 bits per heavy atom. The van der Waals surface area contributed by atoms with Gasteiger partial charge in [-0.1, -0.05) is 0 Å². The van der Waals surface area contributed by atoms with Crippen LogP contribution in [0.25, 0.3) is 0 Å². The standard InChI is InChI=1S/C8H18NO/c1-9(2)6-3-4-8(9)5-7-10/h8,10H,3-7H2,1-2H3/q+1. The molecule has 1 heterocycles. The molecule has 0 aromatic heterocycles. The lowest BCUT2D eigenvalue weighted by Gasteiger charge is -2.31. The van der Waals surface area contributed by atoms with E-state index in [2.05, 4.69) is 14.1 Å². The Labute approximate surface area is 63.1 Å². The van der Waals surface area contributed by atoms with E-state index in [9.17, 15) is 0 Å². The van der Waals surface area contributed by atoms with Crippen molar-refractivity contribution in [3.05, 3.63) is 0 Å². The molecule has 0 saturated carbocycles. The van der Waals surface area contributed by atoms with E-state index in [1.807, 2.05) is 0 Å². The molecule has 10 heavy (non-hydrogen) atoms. The summed E-state index contributed by atoms with van der Waals surface area (Å²) in [6.07, 6.45) is 3.61. The molecule has 0 amide bonds. The molecule has 1 saturated heterocycles. The number of rotatable bonds is 2. The molecular formula is C8H18NO+. The number of hydrogen-bond acceptors (Lipinski definition) is 1. The maximum Gasteiger partial charge on any atom is 0.0910 e. The van der Waals surface area contributed by atoms with Crippen molar-refractivity contribution in [2.24, 2.45) is 0 Å². The summed E-state index contributed by atoms with van der Waals surface area (Å²) >= 11 is 0. The normalized spacial score (nSPS) is 30.9. The SMILES string of the molecule is C[N+]1(C)CCCC1CCO. The van der Waals surface area contributed by atoms with Crippen LogP contribution in [0.4, 0.5) is 0 Å². The minimum Gasteiger partial charge on any atom is -0.396 e. The monoisotopic (exact) mass is 144 g/mol. The molecule has 0 aromatic carbocycles. The topological polar surface area (TPSA) is 20.2 Å². The second-order valence-corrected chi connectivity index (χ2v) is 3.81. The summed E-state index contributed by atoms with van der Waals surface area (Å²) in [6.45, 7) is 1.64. The molecule has 60 valence electrons. The summed E-state index contributed by atoms with van der Waals surface area (Å²) in [4.78, 5) is 0. The Hall–Kier alpha value is -0.0800. The molecule has 0 aliphatic carbocycles. The molecule has 0 spiro atoms. The highest BCUT2D eigenvalue weighted by molar-refractivity contribution is 4.64. The van der Waals surface area contributed by atoms with Crippen LogP contribution in [0.5, 0.6) is 0 Å². The number of likely N-dealkylation sites (tertiary alicyclic amines) is 1. The molecular weight excluding hydrogens is 126 g/mol. The first-order chi connectivity index (χ1) is 4.67. The Kier molecular flexibility index (Phi) is 2.32. The van der Waals surface area contributed by atoms with E-state index in [4.69, 9.17) is 5.11 Å². The van der Waals surface area contributed by atoms with Crippen molar-refractivity contribution in [3.63, 3.8) is 0 Å². The van der Waals surface area contributed by atoms with Crippen molar-refractivity contribution in [3.8, 4) is 0 Å². The first-order valence-corrected chi connectivity index (χ1v) is 4.10. The van der Waals surface area contributed by atoms with E-state index < -0.39 is 0 Å². The second kappa shape index (κ2) is 2.89. The van der Waals surface area contributed by atoms with E-state index in [0.29, 0.717) is 12.6 Å². The predicted octanol–water partition coefficient (Wildman–Crippen LogP) is 0.608. The highest BCUT2D eigenvalue weighted by Crippen LogP contribution is 2.23. The highest BCUT2D eigenvalue weighted by Gasteiger charge is 2.32. The average molecular weight is 144 g/mol. The average Bonchev–Trinajstić information content (AvgIpc) is 2.13. The van der Waals surface area contributed by atoms with E-state index in [1.54, 1.807) is 0 Å². The lowest BCUT2D eigenvalue weighted by molar-refractivity contribution is -0.902. The van der Waals surface area contributed by atoms with Gasteiger partial charge in [-0.3, -0.25) is 0 Å². The van der Waals surface area contributed by atoms with Gasteiger partial charge in [0.2, 0.25) is 0 Å². The van der Waals surface area contributed by atoms with Gasteiger partial charge in [0.15, 0.2) is 0 Å². The molecule has 1 rings (SSSR count). The molecule has 0 bridgehead atoms. The van der Waals surface area contributed by atoms with Crippen molar-refractivity contribution in [2.45, 2.75) is 25.3 Å². The van der Waals surface area contributed by atoms with Gasteiger partial charge in [0.1, 0.15) is 0 Å². The Morgan fingerprint density at radius 3 is 2.60 bits per heavy atom. The van der Waals surface area contributed by atoms with Gasteiger partial charge in [-0.15, -0.1) is 0 Å². The summed E-state index contributed by atoms with van der Waals surface area (Å²) in [5.41, 5.74) is 0. The van der Waals surface area contributed by atoms with Crippen molar-refractivity contribution >= 4 is 0 Å². The molecule has 1 N–H and O–H groups in total. The van der Waals surface area contributed by atoms with Crippen molar-refractivity contribution in [1.29, 1.82) is 0 Å². The quantitative estimate of drug-likeness (QED) is 0.563. The van der Waals surface area contributed by atoms with Crippen LogP contribution in [0.15, 0.2) is 0 Å². The molecule has 2 heteroatoms. The fraction of sp³-hybridized carbons (Fsp3) is 1.00. The Bertz CT molecular complexity index is 112. The van der Waals surface area contributed by atoms with Crippen molar-refractivity contribution in [2.75, 3.05) is 27.2 Å². The minimum absolute atomic E-state index is 0.354. The minimum atomic E-state index is 0.354. The molecule has 0 radical (unpaired) electrons. The van der Waals surface area contributed by atoms with Crippen LogP contribution >= 0.6 is 0 Å². The predicted molar refractivity (Wildman–Crippen MR) is 41.7 cm³/mol. The van der Waals surface area contributed by atoms with Crippen LogP contribution in [-0.4, -0.2) is 42.9 Å². The first kappa shape index (κ1) is 8.02. The third kappa shape index (κ3) is 1.50. The van der Waals surface area contributed by atoms with Gasteiger partial charge < -0.3 is 9.59 Å². The molecule has 1 unspecified atom stereocenters. The maximum absolute atomic E-state index is 8.75.